The average molecular weight is 246 g/mol. The zero-order valence-corrected chi connectivity index (χ0v) is 11.0. The molecule has 5 nitrogen and oxygen atoms in total. The molecule has 1 heterocycles. The molecule has 0 spiro atoms. The average Bonchev–Trinajstić information content (AvgIpc) is 2.36. The van der Waals surface area contributed by atoms with E-state index in [0.717, 1.165) is 0 Å². The molecule has 96 valence electrons. The van der Waals surface area contributed by atoms with Gasteiger partial charge >= 0.3 is 0 Å². The van der Waals surface area contributed by atoms with Gasteiger partial charge < -0.3 is 10.2 Å². The minimum atomic E-state index is -0.0460. The van der Waals surface area contributed by atoms with E-state index < -0.39 is 0 Å². The molecule has 0 atom stereocenters. The van der Waals surface area contributed by atoms with Gasteiger partial charge in [0.25, 0.3) is 0 Å². The molecule has 0 bridgehead atoms. The number of aromatic nitrogens is 1. The number of nitriles is 1. The fourth-order valence-corrected chi connectivity index (χ4v) is 1.37. The highest BCUT2D eigenvalue weighted by atomic mass is 16.2. The Bertz CT molecular complexity index is 451. The van der Waals surface area contributed by atoms with Crippen molar-refractivity contribution >= 4 is 11.7 Å². The summed E-state index contributed by atoms with van der Waals surface area (Å²) in [5.74, 6) is 1.00. The van der Waals surface area contributed by atoms with E-state index in [1.807, 2.05) is 19.9 Å². The van der Waals surface area contributed by atoms with Crippen molar-refractivity contribution in [1.29, 1.82) is 5.26 Å². The highest BCUT2D eigenvalue weighted by molar-refractivity contribution is 5.80. The van der Waals surface area contributed by atoms with Crippen LogP contribution in [0.5, 0.6) is 0 Å². The Morgan fingerprint density at radius 2 is 2.28 bits per heavy atom. The number of likely N-dealkylation sites (N-methyl/N-ethyl adjacent to an activating group) is 1. The van der Waals surface area contributed by atoms with Crippen molar-refractivity contribution in [1.82, 2.24) is 10.3 Å². The number of nitrogens with zero attached hydrogens (tertiary/aromatic N) is 3. The lowest BCUT2D eigenvalue weighted by Crippen LogP contribution is -2.37. The number of amides is 1. The second-order valence-electron chi connectivity index (χ2n) is 4.55. The lowest BCUT2D eigenvalue weighted by atomic mass is 10.2. The smallest absolute Gasteiger partial charge is 0.239 e. The Labute approximate surface area is 107 Å². The van der Waals surface area contributed by atoms with Gasteiger partial charge in [-0.3, -0.25) is 4.79 Å². The number of pyridine rings is 1. The quantitative estimate of drug-likeness (QED) is 0.846. The molecule has 1 N–H and O–H groups in total. The van der Waals surface area contributed by atoms with E-state index in [-0.39, 0.29) is 12.5 Å². The number of nitrogens with one attached hydrogen (secondary N) is 1. The van der Waals surface area contributed by atoms with E-state index in [1.165, 1.54) is 0 Å². The first kappa shape index (κ1) is 14.0. The summed E-state index contributed by atoms with van der Waals surface area (Å²) in [4.78, 5) is 17.5. The molecule has 5 heteroatoms. The number of carbonyl (C=O) groups excluding carboxylic acids is 1. The number of rotatable bonds is 5. The highest BCUT2D eigenvalue weighted by Crippen LogP contribution is 2.08. The molecule has 0 aliphatic rings. The first-order valence-corrected chi connectivity index (χ1v) is 5.88. The maximum atomic E-state index is 11.6. The van der Waals surface area contributed by atoms with Gasteiger partial charge in [-0.25, -0.2) is 4.98 Å². The maximum Gasteiger partial charge on any atom is 0.239 e. The van der Waals surface area contributed by atoms with E-state index in [9.17, 15) is 4.79 Å². The van der Waals surface area contributed by atoms with Gasteiger partial charge in [-0.15, -0.1) is 0 Å². The number of hydrogen-bond donors (Lipinski definition) is 1. The lowest BCUT2D eigenvalue weighted by Gasteiger charge is -2.18. The van der Waals surface area contributed by atoms with Crippen LogP contribution in [0.25, 0.3) is 0 Å². The minimum Gasteiger partial charge on any atom is -0.354 e. The summed E-state index contributed by atoms with van der Waals surface area (Å²) in [6.07, 6.45) is 0. The summed E-state index contributed by atoms with van der Waals surface area (Å²) in [6, 6.07) is 7.14. The van der Waals surface area contributed by atoms with Crippen molar-refractivity contribution in [3.8, 4) is 6.07 Å². The van der Waals surface area contributed by atoms with Crippen LogP contribution in [-0.4, -0.2) is 31.0 Å². The van der Waals surface area contributed by atoms with Crippen molar-refractivity contribution < 1.29 is 4.79 Å². The van der Waals surface area contributed by atoms with Gasteiger partial charge in [0.05, 0.1) is 6.54 Å². The van der Waals surface area contributed by atoms with Gasteiger partial charge in [-0.2, -0.15) is 5.26 Å². The molecular formula is C13H18N4O. The molecule has 0 unspecified atom stereocenters. The van der Waals surface area contributed by atoms with Crippen LogP contribution in [0.15, 0.2) is 18.2 Å². The van der Waals surface area contributed by atoms with E-state index >= 15 is 0 Å². The standard InChI is InChI=1S/C13H18N4O/c1-10(2)8-15-13(18)9-17(3)12-6-4-5-11(7-14)16-12/h4-6,10H,8-9H2,1-3H3,(H,15,18). The third-order valence-electron chi connectivity index (χ3n) is 2.33. The Balaban J connectivity index is 2.56. The molecule has 1 aromatic heterocycles. The summed E-state index contributed by atoms with van der Waals surface area (Å²) in [5.41, 5.74) is 0.349. The van der Waals surface area contributed by atoms with Crippen LogP contribution in [0.4, 0.5) is 5.82 Å². The molecule has 1 aromatic rings. The van der Waals surface area contributed by atoms with Crippen molar-refractivity contribution in [2.24, 2.45) is 5.92 Å². The number of hydrogen-bond acceptors (Lipinski definition) is 4. The molecular weight excluding hydrogens is 228 g/mol. The van der Waals surface area contributed by atoms with E-state index in [4.69, 9.17) is 5.26 Å². The van der Waals surface area contributed by atoms with Crippen LogP contribution in [0.2, 0.25) is 0 Å². The molecule has 0 saturated heterocycles. The van der Waals surface area contributed by atoms with E-state index in [0.29, 0.717) is 24.0 Å². The summed E-state index contributed by atoms with van der Waals surface area (Å²) in [5, 5.41) is 11.6. The van der Waals surface area contributed by atoms with Crippen molar-refractivity contribution in [3.05, 3.63) is 23.9 Å². The van der Waals surface area contributed by atoms with E-state index in [2.05, 4.69) is 10.3 Å². The van der Waals surface area contributed by atoms with Crippen LogP contribution in [0.1, 0.15) is 19.5 Å². The molecule has 0 aliphatic carbocycles. The first-order valence-electron chi connectivity index (χ1n) is 5.88. The molecule has 0 radical (unpaired) electrons. The largest absolute Gasteiger partial charge is 0.354 e. The van der Waals surface area contributed by atoms with Gasteiger partial charge in [0, 0.05) is 13.6 Å². The van der Waals surface area contributed by atoms with Gasteiger partial charge in [-0.05, 0) is 18.1 Å². The maximum absolute atomic E-state index is 11.6. The summed E-state index contributed by atoms with van der Waals surface area (Å²) >= 11 is 0. The Morgan fingerprint density at radius 1 is 1.56 bits per heavy atom. The van der Waals surface area contributed by atoms with Gasteiger partial charge in [0.15, 0.2) is 0 Å². The second-order valence-corrected chi connectivity index (χ2v) is 4.55. The number of carbonyl (C=O) groups is 1. The lowest BCUT2D eigenvalue weighted by molar-refractivity contribution is -0.119. The normalized spacial score (nSPS) is 9.94. The van der Waals surface area contributed by atoms with Gasteiger partial charge in [0.2, 0.25) is 5.91 Å². The van der Waals surface area contributed by atoms with Crippen molar-refractivity contribution in [3.63, 3.8) is 0 Å². The third-order valence-corrected chi connectivity index (χ3v) is 2.33. The highest BCUT2D eigenvalue weighted by Gasteiger charge is 2.09. The Morgan fingerprint density at radius 3 is 2.89 bits per heavy atom. The Kier molecular flexibility index (Phi) is 5.12. The summed E-state index contributed by atoms with van der Waals surface area (Å²) in [7, 11) is 1.78. The fourth-order valence-electron chi connectivity index (χ4n) is 1.37. The Hall–Kier alpha value is -2.09. The van der Waals surface area contributed by atoms with E-state index in [1.54, 1.807) is 30.1 Å². The molecule has 18 heavy (non-hydrogen) atoms. The monoisotopic (exact) mass is 246 g/mol. The first-order chi connectivity index (χ1) is 8.52. The molecule has 0 fully saturated rings. The molecule has 0 saturated carbocycles. The fraction of sp³-hybridized carbons (Fsp3) is 0.462. The zero-order valence-electron chi connectivity index (χ0n) is 11.0. The predicted octanol–water partition coefficient (Wildman–Crippen LogP) is 1.16. The van der Waals surface area contributed by atoms with Gasteiger partial charge in [0.1, 0.15) is 17.6 Å². The number of anilines is 1. The van der Waals surface area contributed by atoms with Crippen molar-refractivity contribution in [2.75, 3.05) is 25.0 Å². The minimum absolute atomic E-state index is 0.0460. The SMILES string of the molecule is CC(C)CNC(=O)CN(C)c1cccc(C#N)n1. The van der Waals surface area contributed by atoms with Crippen LogP contribution in [0, 0.1) is 17.2 Å². The zero-order chi connectivity index (χ0) is 13.5. The molecule has 1 rings (SSSR count). The van der Waals surface area contributed by atoms with Crippen LogP contribution in [-0.2, 0) is 4.79 Å². The van der Waals surface area contributed by atoms with Crippen molar-refractivity contribution in [2.45, 2.75) is 13.8 Å². The summed E-state index contributed by atoms with van der Waals surface area (Å²) < 4.78 is 0. The molecule has 0 aromatic carbocycles. The van der Waals surface area contributed by atoms with Crippen LogP contribution >= 0.6 is 0 Å². The van der Waals surface area contributed by atoms with Crippen LogP contribution in [0.3, 0.4) is 0 Å². The topological polar surface area (TPSA) is 69.0 Å². The molecule has 1 amide bonds. The summed E-state index contributed by atoms with van der Waals surface area (Å²) in [6.45, 7) is 4.98. The predicted molar refractivity (Wildman–Crippen MR) is 70.1 cm³/mol. The molecule has 0 aliphatic heterocycles. The third kappa shape index (κ3) is 4.42. The van der Waals surface area contributed by atoms with Gasteiger partial charge in [-0.1, -0.05) is 19.9 Å². The second kappa shape index (κ2) is 6.60. The van der Waals surface area contributed by atoms with Crippen LogP contribution < -0.4 is 10.2 Å².